The van der Waals surface area contributed by atoms with Crippen LogP contribution in [0.5, 0.6) is 5.75 Å². The summed E-state index contributed by atoms with van der Waals surface area (Å²) in [5.74, 6) is 5.15. The predicted molar refractivity (Wildman–Crippen MR) is 66.2 cm³/mol. The van der Waals surface area contributed by atoms with Crippen LogP contribution in [0.2, 0.25) is 0 Å². The van der Waals surface area contributed by atoms with Crippen molar-refractivity contribution in [3.63, 3.8) is 0 Å². The number of anilines is 1. The van der Waals surface area contributed by atoms with E-state index in [1.807, 2.05) is 0 Å². The number of hydrogen-bond donors (Lipinski definition) is 3. The summed E-state index contributed by atoms with van der Waals surface area (Å²) in [6.45, 7) is 0. The number of phenols is 1. The second-order valence-corrected chi connectivity index (χ2v) is 3.40. The molecule has 0 atom stereocenters. The summed E-state index contributed by atoms with van der Waals surface area (Å²) in [6, 6.07) is 4.10. The van der Waals surface area contributed by atoms with Gasteiger partial charge in [-0.05, 0) is 6.07 Å². The Bertz CT molecular complexity index is 636. The topological polar surface area (TPSA) is 144 Å². The van der Waals surface area contributed by atoms with Gasteiger partial charge in [0.2, 0.25) is 5.75 Å². The lowest BCUT2D eigenvalue weighted by Crippen LogP contribution is -2.10. The van der Waals surface area contributed by atoms with Crippen LogP contribution in [0.25, 0.3) is 0 Å². The van der Waals surface area contributed by atoms with Crippen LogP contribution in [0.4, 0.5) is 11.6 Å². The van der Waals surface area contributed by atoms with Crippen molar-refractivity contribution < 1.29 is 10.0 Å². The molecule has 2 aromatic rings. The average Bonchev–Trinajstić information content (AvgIpc) is 2.77. The minimum Gasteiger partial charge on any atom is -0.502 e. The van der Waals surface area contributed by atoms with E-state index in [2.05, 4.69) is 20.7 Å². The standard InChI is InChI=1S/C9H9N7O3/c10-15-5-12-14-9(15)13-11-4-6-2-1-3-7(8(6)17)16(18)19/h1-5,17H,10H2,(H,13,14)/b11-4+. The minimum absolute atomic E-state index is 0.182. The van der Waals surface area contributed by atoms with Crippen LogP contribution in [-0.2, 0) is 0 Å². The lowest BCUT2D eigenvalue weighted by atomic mass is 10.2. The summed E-state index contributed by atoms with van der Waals surface area (Å²) in [7, 11) is 0. The van der Waals surface area contributed by atoms with Gasteiger partial charge in [-0.2, -0.15) is 5.10 Å². The van der Waals surface area contributed by atoms with Gasteiger partial charge in [-0.25, -0.2) is 10.1 Å². The summed E-state index contributed by atoms with van der Waals surface area (Å²) in [6.07, 6.45) is 2.47. The molecule has 98 valence electrons. The number of hydrazone groups is 1. The molecule has 0 bridgehead atoms. The van der Waals surface area contributed by atoms with E-state index in [1.165, 1.54) is 30.7 Å². The highest BCUT2D eigenvalue weighted by Gasteiger charge is 2.14. The van der Waals surface area contributed by atoms with E-state index in [9.17, 15) is 15.2 Å². The molecular weight excluding hydrogens is 254 g/mol. The van der Waals surface area contributed by atoms with Gasteiger partial charge in [-0.3, -0.25) is 10.1 Å². The molecule has 0 amide bonds. The smallest absolute Gasteiger partial charge is 0.311 e. The highest BCUT2D eigenvalue weighted by atomic mass is 16.6. The Morgan fingerprint density at radius 3 is 3.00 bits per heavy atom. The Labute approximate surface area is 106 Å². The van der Waals surface area contributed by atoms with E-state index >= 15 is 0 Å². The summed E-state index contributed by atoms with van der Waals surface area (Å²) >= 11 is 0. The van der Waals surface area contributed by atoms with E-state index in [-0.39, 0.29) is 11.5 Å². The second kappa shape index (κ2) is 5.00. The number of aromatic nitrogens is 3. The number of nitrogens with one attached hydrogen (secondary N) is 1. The molecule has 4 N–H and O–H groups in total. The summed E-state index contributed by atoms with van der Waals surface area (Å²) in [5.41, 5.74) is 2.26. The Kier molecular flexibility index (Phi) is 3.23. The number of benzene rings is 1. The van der Waals surface area contributed by atoms with Gasteiger partial charge in [0.05, 0.1) is 11.1 Å². The molecule has 0 spiro atoms. The van der Waals surface area contributed by atoms with E-state index in [0.717, 1.165) is 4.68 Å². The largest absolute Gasteiger partial charge is 0.502 e. The first-order chi connectivity index (χ1) is 9.09. The maximum absolute atomic E-state index is 10.6. The third-order valence-electron chi connectivity index (χ3n) is 2.18. The van der Waals surface area contributed by atoms with Gasteiger partial charge in [0.15, 0.2) is 0 Å². The van der Waals surface area contributed by atoms with Crippen molar-refractivity contribution in [2.45, 2.75) is 0 Å². The zero-order chi connectivity index (χ0) is 13.8. The van der Waals surface area contributed by atoms with Crippen molar-refractivity contribution >= 4 is 17.9 Å². The number of para-hydroxylation sites is 1. The molecule has 0 radical (unpaired) electrons. The fourth-order valence-corrected chi connectivity index (χ4v) is 1.28. The molecule has 19 heavy (non-hydrogen) atoms. The van der Waals surface area contributed by atoms with Crippen LogP contribution in [0.3, 0.4) is 0 Å². The fourth-order valence-electron chi connectivity index (χ4n) is 1.28. The summed E-state index contributed by atoms with van der Waals surface area (Å²) in [5, 5.41) is 31.1. The van der Waals surface area contributed by atoms with Crippen LogP contribution in [-0.4, -0.2) is 31.1 Å². The summed E-state index contributed by atoms with van der Waals surface area (Å²) in [4.78, 5) is 9.94. The molecule has 10 heteroatoms. The van der Waals surface area contributed by atoms with Crippen molar-refractivity contribution in [1.82, 2.24) is 14.9 Å². The van der Waals surface area contributed by atoms with Crippen LogP contribution in [0.15, 0.2) is 29.6 Å². The van der Waals surface area contributed by atoms with Crippen LogP contribution in [0, 0.1) is 10.1 Å². The van der Waals surface area contributed by atoms with Crippen LogP contribution in [0.1, 0.15) is 5.56 Å². The van der Waals surface area contributed by atoms with E-state index in [0.29, 0.717) is 0 Å². The molecule has 0 fully saturated rings. The Morgan fingerprint density at radius 2 is 2.37 bits per heavy atom. The first-order valence-electron chi connectivity index (χ1n) is 5.00. The molecule has 0 unspecified atom stereocenters. The van der Waals surface area contributed by atoms with Crippen molar-refractivity contribution in [3.05, 3.63) is 40.2 Å². The van der Waals surface area contributed by atoms with Crippen molar-refractivity contribution in [2.75, 3.05) is 11.3 Å². The van der Waals surface area contributed by atoms with Crippen LogP contribution < -0.4 is 11.3 Å². The first-order valence-corrected chi connectivity index (χ1v) is 5.00. The van der Waals surface area contributed by atoms with Crippen molar-refractivity contribution in [2.24, 2.45) is 5.10 Å². The number of aromatic hydroxyl groups is 1. The van der Waals surface area contributed by atoms with Crippen LogP contribution >= 0.6 is 0 Å². The SMILES string of the molecule is Nn1cnnc1N/N=C/c1cccc([N+](=O)[O-])c1O. The zero-order valence-corrected chi connectivity index (χ0v) is 9.46. The lowest BCUT2D eigenvalue weighted by molar-refractivity contribution is -0.385. The highest BCUT2D eigenvalue weighted by molar-refractivity contribution is 5.85. The van der Waals surface area contributed by atoms with Gasteiger partial charge < -0.3 is 10.9 Å². The monoisotopic (exact) mass is 263 g/mol. The molecule has 0 aliphatic rings. The molecule has 1 aromatic heterocycles. The molecule has 0 saturated carbocycles. The molecule has 0 aliphatic carbocycles. The Morgan fingerprint density at radius 1 is 1.58 bits per heavy atom. The fraction of sp³-hybridized carbons (Fsp3) is 0. The first kappa shape index (κ1) is 12.3. The molecule has 1 heterocycles. The van der Waals surface area contributed by atoms with Crippen molar-refractivity contribution in [3.8, 4) is 5.75 Å². The summed E-state index contributed by atoms with van der Waals surface area (Å²) < 4.78 is 1.10. The molecule has 1 aromatic carbocycles. The van der Waals surface area contributed by atoms with E-state index in [1.54, 1.807) is 0 Å². The minimum atomic E-state index is -0.684. The normalized spacial score (nSPS) is 10.7. The second-order valence-electron chi connectivity index (χ2n) is 3.40. The number of nitrogens with two attached hydrogens (primary N) is 1. The molecule has 0 aliphatic heterocycles. The number of nitro benzene ring substituents is 1. The highest BCUT2D eigenvalue weighted by Crippen LogP contribution is 2.27. The van der Waals surface area contributed by atoms with Gasteiger partial charge >= 0.3 is 5.69 Å². The predicted octanol–water partition coefficient (Wildman–Crippen LogP) is 0.0517. The molecule has 10 nitrogen and oxygen atoms in total. The van der Waals surface area contributed by atoms with Gasteiger partial charge in [0, 0.05) is 11.6 Å². The van der Waals surface area contributed by atoms with E-state index < -0.39 is 16.4 Å². The number of nitrogens with zero attached hydrogens (tertiary/aromatic N) is 5. The molecule has 2 rings (SSSR count). The van der Waals surface area contributed by atoms with Gasteiger partial charge in [-0.1, -0.05) is 6.07 Å². The average molecular weight is 263 g/mol. The third-order valence-corrected chi connectivity index (χ3v) is 2.18. The van der Waals surface area contributed by atoms with Gasteiger partial charge in [0.25, 0.3) is 5.95 Å². The maximum Gasteiger partial charge on any atom is 0.311 e. The Hall–Kier alpha value is -3.17. The number of rotatable bonds is 4. The van der Waals surface area contributed by atoms with Gasteiger partial charge in [-0.15, -0.1) is 10.2 Å². The van der Waals surface area contributed by atoms with E-state index in [4.69, 9.17) is 5.84 Å². The third kappa shape index (κ3) is 2.57. The zero-order valence-electron chi connectivity index (χ0n) is 9.46. The van der Waals surface area contributed by atoms with Crippen molar-refractivity contribution in [1.29, 1.82) is 0 Å². The number of nitrogen functional groups attached to an aromatic ring is 1. The quantitative estimate of drug-likeness (QED) is 0.306. The maximum atomic E-state index is 10.6. The lowest BCUT2D eigenvalue weighted by Gasteiger charge is -2.00. The Balaban J connectivity index is 2.17. The number of hydrogen-bond acceptors (Lipinski definition) is 8. The molecular formula is C9H9N7O3. The van der Waals surface area contributed by atoms with Gasteiger partial charge in [0.1, 0.15) is 6.33 Å². The number of nitro groups is 1. The number of phenolic OH excluding ortho intramolecular Hbond substituents is 1. The molecule has 0 saturated heterocycles.